The summed E-state index contributed by atoms with van der Waals surface area (Å²) in [5, 5.41) is 3.45. The van der Waals surface area contributed by atoms with E-state index in [0.29, 0.717) is 6.54 Å². The maximum absolute atomic E-state index is 4.47. The van der Waals surface area contributed by atoms with Gasteiger partial charge in [0.1, 0.15) is 0 Å². The molecular formula is C22H25BrN4. The SMILES string of the molecule is CN1CCCN(c2ccc(N/C=C3\CN=Cc4ccc(Br)cc43)cc2)CC1. The lowest BCUT2D eigenvalue weighted by Gasteiger charge is -2.23. The number of nitrogens with one attached hydrogen (secondary N) is 1. The van der Waals surface area contributed by atoms with Gasteiger partial charge in [0.05, 0.1) is 6.54 Å². The van der Waals surface area contributed by atoms with Gasteiger partial charge in [0, 0.05) is 47.9 Å². The molecule has 2 aliphatic rings. The number of fused-ring (bicyclic) bond motifs is 1. The molecule has 2 aromatic carbocycles. The van der Waals surface area contributed by atoms with E-state index >= 15 is 0 Å². The Kier molecular flexibility index (Phi) is 5.60. The highest BCUT2D eigenvalue weighted by molar-refractivity contribution is 9.10. The van der Waals surface area contributed by atoms with E-state index in [1.165, 1.54) is 35.4 Å². The molecule has 0 bridgehead atoms. The second-order valence-corrected chi connectivity index (χ2v) is 8.12. The van der Waals surface area contributed by atoms with Crippen molar-refractivity contribution in [2.45, 2.75) is 6.42 Å². The molecule has 2 heterocycles. The first-order valence-corrected chi connectivity index (χ1v) is 10.3. The summed E-state index contributed by atoms with van der Waals surface area (Å²) >= 11 is 3.57. The highest BCUT2D eigenvalue weighted by Gasteiger charge is 2.13. The summed E-state index contributed by atoms with van der Waals surface area (Å²) in [4.78, 5) is 9.36. The summed E-state index contributed by atoms with van der Waals surface area (Å²) in [5.74, 6) is 0. The van der Waals surface area contributed by atoms with E-state index in [4.69, 9.17) is 0 Å². The van der Waals surface area contributed by atoms with Crippen LogP contribution >= 0.6 is 15.9 Å². The standard InChI is InChI=1S/C22H25BrN4/c1-26-9-2-10-27(12-11-26)21-7-5-20(6-8-21)25-16-18-15-24-14-17-3-4-19(23)13-22(17)18/h3-8,13-14,16,25H,2,9-12,15H2,1H3/b18-16+. The van der Waals surface area contributed by atoms with Crippen LogP contribution in [-0.2, 0) is 0 Å². The fraction of sp³-hybridized carbons (Fsp3) is 0.318. The number of hydrogen-bond acceptors (Lipinski definition) is 4. The van der Waals surface area contributed by atoms with E-state index in [1.54, 1.807) is 0 Å². The van der Waals surface area contributed by atoms with E-state index in [2.05, 4.69) is 91.8 Å². The lowest BCUT2D eigenvalue weighted by Crippen LogP contribution is -2.28. The van der Waals surface area contributed by atoms with Crippen LogP contribution in [0.5, 0.6) is 0 Å². The molecule has 1 N–H and O–H groups in total. The monoisotopic (exact) mass is 424 g/mol. The molecule has 0 amide bonds. The van der Waals surface area contributed by atoms with Crippen LogP contribution in [0.4, 0.5) is 11.4 Å². The Morgan fingerprint density at radius 3 is 2.74 bits per heavy atom. The van der Waals surface area contributed by atoms with Crippen molar-refractivity contribution in [1.82, 2.24) is 4.90 Å². The predicted octanol–water partition coefficient (Wildman–Crippen LogP) is 4.48. The number of nitrogens with zero attached hydrogens (tertiary/aromatic N) is 3. The number of halogens is 1. The van der Waals surface area contributed by atoms with Crippen molar-refractivity contribution in [3.63, 3.8) is 0 Å². The first-order valence-electron chi connectivity index (χ1n) is 9.48. The maximum Gasteiger partial charge on any atom is 0.0660 e. The summed E-state index contributed by atoms with van der Waals surface area (Å²) in [6.45, 7) is 5.24. The molecule has 1 fully saturated rings. The number of hydrogen-bond donors (Lipinski definition) is 1. The Labute approximate surface area is 169 Å². The molecule has 0 spiro atoms. The summed E-state index contributed by atoms with van der Waals surface area (Å²) in [5.41, 5.74) is 6.01. The molecule has 2 aromatic rings. The normalized spacial score (nSPS) is 19.0. The Hall–Kier alpha value is -2.11. The van der Waals surface area contributed by atoms with Gasteiger partial charge in [-0.25, -0.2) is 0 Å². The van der Waals surface area contributed by atoms with E-state index < -0.39 is 0 Å². The molecule has 5 heteroatoms. The number of benzene rings is 2. The number of aliphatic imine (C=N–C) groups is 1. The molecule has 1 saturated heterocycles. The Morgan fingerprint density at radius 2 is 1.89 bits per heavy atom. The van der Waals surface area contributed by atoms with Crippen molar-refractivity contribution in [1.29, 1.82) is 0 Å². The Bertz CT molecular complexity index is 857. The van der Waals surface area contributed by atoms with Crippen LogP contribution in [-0.4, -0.2) is 50.9 Å². The summed E-state index contributed by atoms with van der Waals surface area (Å²) in [6, 6.07) is 15.1. The van der Waals surface area contributed by atoms with E-state index in [1.807, 2.05) is 6.21 Å². The summed E-state index contributed by atoms with van der Waals surface area (Å²) < 4.78 is 1.09. The second kappa shape index (κ2) is 8.28. The van der Waals surface area contributed by atoms with Crippen LogP contribution in [0.1, 0.15) is 17.5 Å². The quantitative estimate of drug-likeness (QED) is 0.787. The Morgan fingerprint density at radius 1 is 1.04 bits per heavy atom. The third-order valence-electron chi connectivity index (χ3n) is 5.22. The minimum absolute atomic E-state index is 0.704. The van der Waals surface area contributed by atoms with Gasteiger partial charge >= 0.3 is 0 Å². The molecule has 0 aliphatic carbocycles. The predicted molar refractivity (Wildman–Crippen MR) is 119 cm³/mol. The van der Waals surface area contributed by atoms with Crippen LogP contribution < -0.4 is 10.2 Å². The van der Waals surface area contributed by atoms with Gasteiger partial charge in [0.25, 0.3) is 0 Å². The number of likely N-dealkylation sites (N-methyl/N-ethyl adjacent to an activating group) is 1. The van der Waals surface area contributed by atoms with Crippen molar-refractivity contribution in [3.8, 4) is 0 Å². The minimum atomic E-state index is 0.704. The molecule has 0 unspecified atom stereocenters. The zero-order valence-electron chi connectivity index (χ0n) is 15.7. The molecule has 140 valence electrons. The fourth-order valence-electron chi connectivity index (χ4n) is 3.61. The highest BCUT2D eigenvalue weighted by Crippen LogP contribution is 2.26. The van der Waals surface area contributed by atoms with Crippen LogP contribution in [0.3, 0.4) is 0 Å². The summed E-state index contributed by atoms with van der Waals surface area (Å²) in [7, 11) is 2.20. The third-order valence-corrected chi connectivity index (χ3v) is 5.71. The lowest BCUT2D eigenvalue weighted by atomic mass is 9.99. The molecule has 0 saturated carbocycles. The van der Waals surface area contributed by atoms with E-state index in [-0.39, 0.29) is 0 Å². The van der Waals surface area contributed by atoms with Gasteiger partial charge in [-0.3, -0.25) is 4.99 Å². The maximum atomic E-state index is 4.47. The van der Waals surface area contributed by atoms with Gasteiger partial charge < -0.3 is 15.1 Å². The molecule has 0 aromatic heterocycles. The summed E-state index contributed by atoms with van der Waals surface area (Å²) in [6.07, 6.45) is 5.25. The molecule has 4 nitrogen and oxygen atoms in total. The van der Waals surface area contributed by atoms with Crippen LogP contribution in [0.15, 0.2) is 58.1 Å². The molecule has 4 rings (SSSR count). The zero-order valence-corrected chi connectivity index (χ0v) is 17.2. The van der Waals surface area contributed by atoms with Crippen molar-refractivity contribution < 1.29 is 0 Å². The van der Waals surface area contributed by atoms with Crippen LogP contribution in [0.25, 0.3) is 5.57 Å². The third kappa shape index (κ3) is 4.42. The average Bonchev–Trinajstić information content (AvgIpc) is 2.91. The van der Waals surface area contributed by atoms with Crippen molar-refractivity contribution in [2.24, 2.45) is 4.99 Å². The van der Waals surface area contributed by atoms with Crippen molar-refractivity contribution >= 4 is 39.1 Å². The molecule has 0 radical (unpaired) electrons. The van der Waals surface area contributed by atoms with Gasteiger partial charge in [-0.15, -0.1) is 0 Å². The van der Waals surface area contributed by atoms with Crippen molar-refractivity contribution in [3.05, 3.63) is 64.3 Å². The van der Waals surface area contributed by atoms with Crippen LogP contribution in [0.2, 0.25) is 0 Å². The first-order chi connectivity index (χ1) is 13.2. The van der Waals surface area contributed by atoms with Gasteiger partial charge in [-0.05, 0) is 73.1 Å². The number of rotatable bonds is 3. The molecule has 2 aliphatic heterocycles. The smallest absolute Gasteiger partial charge is 0.0660 e. The highest BCUT2D eigenvalue weighted by atomic mass is 79.9. The fourth-order valence-corrected chi connectivity index (χ4v) is 3.97. The number of anilines is 2. The molecular weight excluding hydrogens is 400 g/mol. The van der Waals surface area contributed by atoms with Gasteiger partial charge in [0.2, 0.25) is 0 Å². The van der Waals surface area contributed by atoms with Crippen molar-refractivity contribution in [2.75, 3.05) is 50.0 Å². The van der Waals surface area contributed by atoms with Gasteiger partial charge in [-0.2, -0.15) is 0 Å². The first kappa shape index (κ1) is 18.3. The van der Waals surface area contributed by atoms with Gasteiger partial charge in [-0.1, -0.05) is 22.0 Å². The Balaban J connectivity index is 1.46. The minimum Gasteiger partial charge on any atom is -0.370 e. The van der Waals surface area contributed by atoms with E-state index in [0.717, 1.165) is 29.8 Å². The lowest BCUT2D eigenvalue weighted by molar-refractivity contribution is 0.360. The largest absolute Gasteiger partial charge is 0.370 e. The topological polar surface area (TPSA) is 30.9 Å². The molecule has 27 heavy (non-hydrogen) atoms. The second-order valence-electron chi connectivity index (χ2n) is 7.21. The van der Waals surface area contributed by atoms with Gasteiger partial charge in [0.15, 0.2) is 0 Å². The molecule has 0 atom stereocenters. The van der Waals surface area contributed by atoms with Crippen LogP contribution in [0, 0.1) is 0 Å². The van der Waals surface area contributed by atoms with E-state index in [9.17, 15) is 0 Å². The zero-order chi connectivity index (χ0) is 18.6. The average molecular weight is 425 g/mol.